The van der Waals surface area contributed by atoms with Crippen molar-refractivity contribution in [3.05, 3.63) is 24.3 Å². The standard InChI is InChI=1S/C16H26N4O2/c1-11(2)9-14(17)16(22)19-13-7-5-12(6-8-13)18-15(21)10-20(3)4/h5-8,11,14H,9-10,17H2,1-4H3,(H,18,21)(H,19,22)/t14-/m0/s1. The second-order valence-corrected chi connectivity index (χ2v) is 6.09. The van der Waals surface area contributed by atoms with Gasteiger partial charge in [0, 0.05) is 11.4 Å². The molecule has 1 atom stereocenters. The van der Waals surface area contributed by atoms with E-state index in [1.54, 1.807) is 29.2 Å². The van der Waals surface area contributed by atoms with E-state index in [9.17, 15) is 9.59 Å². The SMILES string of the molecule is CC(C)C[C@H](N)C(=O)Nc1ccc(NC(=O)CN(C)C)cc1. The number of nitrogens with one attached hydrogen (secondary N) is 2. The molecule has 0 radical (unpaired) electrons. The molecule has 0 aliphatic carbocycles. The first-order valence-corrected chi connectivity index (χ1v) is 7.39. The fourth-order valence-corrected chi connectivity index (χ4v) is 1.97. The molecule has 0 unspecified atom stereocenters. The average molecular weight is 306 g/mol. The lowest BCUT2D eigenvalue weighted by atomic mass is 10.0. The lowest BCUT2D eigenvalue weighted by Crippen LogP contribution is -2.36. The third kappa shape index (κ3) is 6.69. The third-order valence-corrected chi connectivity index (χ3v) is 2.96. The van der Waals surface area contributed by atoms with E-state index in [1.165, 1.54) is 0 Å². The molecule has 0 heterocycles. The van der Waals surface area contributed by atoms with Crippen molar-refractivity contribution in [2.75, 3.05) is 31.3 Å². The summed E-state index contributed by atoms with van der Waals surface area (Å²) in [5.41, 5.74) is 7.19. The fraction of sp³-hybridized carbons (Fsp3) is 0.500. The predicted molar refractivity (Wildman–Crippen MR) is 89.7 cm³/mol. The molecule has 4 N–H and O–H groups in total. The molecule has 122 valence electrons. The quantitative estimate of drug-likeness (QED) is 0.712. The van der Waals surface area contributed by atoms with Gasteiger partial charge in [-0.15, -0.1) is 0 Å². The van der Waals surface area contributed by atoms with Gasteiger partial charge in [0.25, 0.3) is 0 Å². The lowest BCUT2D eigenvalue weighted by molar-refractivity contribution is -0.118. The largest absolute Gasteiger partial charge is 0.325 e. The molecule has 6 nitrogen and oxygen atoms in total. The summed E-state index contributed by atoms with van der Waals surface area (Å²) in [4.78, 5) is 25.4. The first-order valence-electron chi connectivity index (χ1n) is 7.39. The van der Waals surface area contributed by atoms with E-state index in [4.69, 9.17) is 5.73 Å². The Hall–Kier alpha value is -1.92. The summed E-state index contributed by atoms with van der Waals surface area (Å²) < 4.78 is 0. The summed E-state index contributed by atoms with van der Waals surface area (Å²) in [6.07, 6.45) is 0.643. The number of likely N-dealkylation sites (N-methyl/N-ethyl adjacent to an activating group) is 1. The van der Waals surface area contributed by atoms with Gasteiger partial charge in [-0.05, 0) is 50.7 Å². The van der Waals surface area contributed by atoms with E-state index in [2.05, 4.69) is 10.6 Å². The Labute approximate surface area is 132 Å². The highest BCUT2D eigenvalue weighted by atomic mass is 16.2. The smallest absolute Gasteiger partial charge is 0.241 e. The zero-order valence-corrected chi connectivity index (χ0v) is 13.7. The zero-order valence-electron chi connectivity index (χ0n) is 13.7. The van der Waals surface area contributed by atoms with Crippen LogP contribution >= 0.6 is 0 Å². The summed E-state index contributed by atoms with van der Waals surface area (Å²) >= 11 is 0. The van der Waals surface area contributed by atoms with E-state index >= 15 is 0 Å². The van der Waals surface area contributed by atoms with Gasteiger partial charge in [0.1, 0.15) is 0 Å². The van der Waals surface area contributed by atoms with Crippen LogP contribution in [0.5, 0.6) is 0 Å². The molecule has 0 aromatic heterocycles. The Morgan fingerprint density at radius 2 is 1.59 bits per heavy atom. The molecule has 1 aromatic rings. The van der Waals surface area contributed by atoms with Crippen molar-refractivity contribution < 1.29 is 9.59 Å². The van der Waals surface area contributed by atoms with Crippen molar-refractivity contribution in [2.45, 2.75) is 26.3 Å². The van der Waals surface area contributed by atoms with E-state index in [0.29, 0.717) is 30.3 Å². The molecule has 6 heteroatoms. The number of amides is 2. The summed E-state index contributed by atoms with van der Waals surface area (Å²) in [6, 6.07) is 6.46. The van der Waals surface area contributed by atoms with E-state index in [1.807, 2.05) is 27.9 Å². The highest BCUT2D eigenvalue weighted by Gasteiger charge is 2.15. The summed E-state index contributed by atoms with van der Waals surface area (Å²) in [5, 5.41) is 5.56. The molecular weight excluding hydrogens is 280 g/mol. The molecule has 0 spiro atoms. The van der Waals surface area contributed by atoms with Crippen molar-refractivity contribution >= 4 is 23.2 Å². The van der Waals surface area contributed by atoms with Crippen molar-refractivity contribution in [1.82, 2.24) is 4.90 Å². The van der Waals surface area contributed by atoms with Crippen molar-refractivity contribution in [2.24, 2.45) is 11.7 Å². The summed E-state index contributed by atoms with van der Waals surface area (Å²) in [5.74, 6) is 0.0915. The molecule has 0 saturated carbocycles. The first-order chi connectivity index (χ1) is 10.3. The van der Waals surface area contributed by atoms with Gasteiger partial charge in [-0.3, -0.25) is 9.59 Å². The minimum absolute atomic E-state index is 0.0826. The lowest BCUT2D eigenvalue weighted by Gasteiger charge is -2.14. The van der Waals surface area contributed by atoms with E-state index in [0.717, 1.165) is 0 Å². The number of hydrogen-bond donors (Lipinski definition) is 3. The minimum atomic E-state index is -0.514. The van der Waals surface area contributed by atoms with Crippen LogP contribution in [0.25, 0.3) is 0 Å². The Kier molecular flexibility index (Phi) is 7.01. The number of nitrogens with two attached hydrogens (primary N) is 1. The van der Waals surface area contributed by atoms with Crippen LogP contribution in [0.15, 0.2) is 24.3 Å². The Morgan fingerprint density at radius 1 is 1.09 bits per heavy atom. The minimum Gasteiger partial charge on any atom is -0.325 e. The molecule has 0 bridgehead atoms. The van der Waals surface area contributed by atoms with Gasteiger partial charge < -0.3 is 21.3 Å². The topological polar surface area (TPSA) is 87.5 Å². The third-order valence-electron chi connectivity index (χ3n) is 2.96. The fourth-order valence-electron chi connectivity index (χ4n) is 1.97. The molecule has 0 aliphatic heterocycles. The summed E-state index contributed by atoms with van der Waals surface area (Å²) in [7, 11) is 3.66. The van der Waals surface area contributed by atoms with Crippen molar-refractivity contribution in [3.63, 3.8) is 0 Å². The van der Waals surface area contributed by atoms with Gasteiger partial charge in [0.2, 0.25) is 11.8 Å². The summed E-state index contributed by atoms with van der Waals surface area (Å²) in [6.45, 7) is 4.37. The van der Waals surface area contributed by atoms with Gasteiger partial charge in [-0.25, -0.2) is 0 Å². The van der Waals surface area contributed by atoms with Crippen LogP contribution < -0.4 is 16.4 Å². The number of rotatable bonds is 7. The van der Waals surface area contributed by atoms with Gasteiger partial charge in [-0.2, -0.15) is 0 Å². The number of carbonyl (C=O) groups is 2. The normalized spacial score (nSPS) is 12.3. The van der Waals surface area contributed by atoms with Crippen LogP contribution in [0.3, 0.4) is 0 Å². The second-order valence-electron chi connectivity index (χ2n) is 6.09. The van der Waals surface area contributed by atoms with Crippen LogP contribution in [0.1, 0.15) is 20.3 Å². The molecule has 0 fully saturated rings. The predicted octanol–water partition coefficient (Wildman–Crippen LogP) is 1.50. The highest BCUT2D eigenvalue weighted by molar-refractivity contribution is 5.95. The van der Waals surface area contributed by atoms with Crippen molar-refractivity contribution in [1.29, 1.82) is 0 Å². The molecule has 2 amide bonds. The monoisotopic (exact) mass is 306 g/mol. The molecule has 0 aliphatic rings. The number of hydrogen-bond acceptors (Lipinski definition) is 4. The van der Waals surface area contributed by atoms with Gasteiger partial charge >= 0.3 is 0 Å². The molecule has 22 heavy (non-hydrogen) atoms. The van der Waals surface area contributed by atoms with Crippen LogP contribution in [-0.4, -0.2) is 43.4 Å². The van der Waals surface area contributed by atoms with Gasteiger partial charge in [0.15, 0.2) is 0 Å². The van der Waals surface area contributed by atoms with E-state index in [-0.39, 0.29) is 11.8 Å². The number of nitrogens with zero attached hydrogens (tertiary/aromatic N) is 1. The maximum atomic E-state index is 11.9. The number of anilines is 2. The molecule has 1 aromatic carbocycles. The zero-order chi connectivity index (χ0) is 16.7. The number of carbonyl (C=O) groups excluding carboxylic acids is 2. The maximum Gasteiger partial charge on any atom is 0.241 e. The Morgan fingerprint density at radius 3 is 2.05 bits per heavy atom. The van der Waals surface area contributed by atoms with Gasteiger partial charge in [0.05, 0.1) is 12.6 Å². The molecular formula is C16H26N4O2. The van der Waals surface area contributed by atoms with Gasteiger partial charge in [-0.1, -0.05) is 13.8 Å². The van der Waals surface area contributed by atoms with Crippen LogP contribution in [-0.2, 0) is 9.59 Å². The Bertz CT molecular complexity index is 497. The average Bonchev–Trinajstić information content (AvgIpc) is 2.39. The second kappa shape index (κ2) is 8.51. The molecule has 0 saturated heterocycles. The van der Waals surface area contributed by atoms with E-state index < -0.39 is 6.04 Å². The van der Waals surface area contributed by atoms with Crippen LogP contribution in [0.4, 0.5) is 11.4 Å². The van der Waals surface area contributed by atoms with Crippen LogP contribution in [0.2, 0.25) is 0 Å². The number of benzene rings is 1. The maximum absolute atomic E-state index is 11.9. The first kappa shape index (κ1) is 18.1. The van der Waals surface area contributed by atoms with Crippen LogP contribution in [0, 0.1) is 5.92 Å². The highest BCUT2D eigenvalue weighted by Crippen LogP contribution is 2.14. The Balaban J connectivity index is 2.54. The molecule has 1 rings (SSSR count). The van der Waals surface area contributed by atoms with Crippen molar-refractivity contribution in [3.8, 4) is 0 Å².